The van der Waals surface area contributed by atoms with Gasteiger partial charge in [-0.3, -0.25) is 14.2 Å². The number of rotatable bonds is 4. The van der Waals surface area contributed by atoms with E-state index >= 15 is 0 Å². The third kappa shape index (κ3) is 3.80. The van der Waals surface area contributed by atoms with Crippen molar-refractivity contribution in [3.63, 3.8) is 0 Å². The molecule has 0 aliphatic carbocycles. The standard InChI is InChI=1S/C25H20FN3O2S/c26-20-10-4-6-12-22(20)29-24(31)19-9-3-5-11-21(19)27-25(29)32-16-23(30)28-14-13-17-7-1-2-8-18(17)15-28/h1-12H,13-16H2. The van der Waals surface area contributed by atoms with Gasteiger partial charge in [0.1, 0.15) is 5.82 Å². The number of fused-ring (bicyclic) bond motifs is 2. The maximum Gasteiger partial charge on any atom is 0.266 e. The molecular weight excluding hydrogens is 425 g/mol. The number of para-hydroxylation sites is 2. The number of hydrogen-bond acceptors (Lipinski definition) is 4. The fourth-order valence-corrected chi connectivity index (χ4v) is 4.89. The summed E-state index contributed by atoms with van der Waals surface area (Å²) in [7, 11) is 0. The summed E-state index contributed by atoms with van der Waals surface area (Å²) >= 11 is 1.16. The van der Waals surface area contributed by atoms with Crippen LogP contribution in [0.15, 0.2) is 82.7 Å². The van der Waals surface area contributed by atoms with Gasteiger partial charge in [0.05, 0.1) is 22.3 Å². The van der Waals surface area contributed by atoms with Gasteiger partial charge in [-0.25, -0.2) is 9.37 Å². The van der Waals surface area contributed by atoms with Crippen molar-refractivity contribution >= 4 is 28.6 Å². The topological polar surface area (TPSA) is 55.2 Å². The number of hydrogen-bond donors (Lipinski definition) is 0. The molecule has 0 fully saturated rings. The van der Waals surface area contributed by atoms with Crippen molar-refractivity contribution in [2.24, 2.45) is 0 Å². The van der Waals surface area contributed by atoms with E-state index in [1.165, 1.54) is 16.2 Å². The number of halogens is 1. The van der Waals surface area contributed by atoms with Crippen LogP contribution < -0.4 is 5.56 Å². The molecule has 5 nitrogen and oxygen atoms in total. The molecule has 0 bridgehead atoms. The first-order chi connectivity index (χ1) is 15.6. The fourth-order valence-electron chi connectivity index (χ4n) is 3.98. The number of thioether (sulfide) groups is 1. The molecule has 32 heavy (non-hydrogen) atoms. The molecule has 0 atom stereocenters. The molecule has 1 aromatic heterocycles. The van der Waals surface area contributed by atoms with E-state index in [9.17, 15) is 14.0 Å². The molecule has 160 valence electrons. The molecule has 1 aliphatic rings. The van der Waals surface area contributed by atoms with Crippen molar-refractivity contribution in [2.45, 2.75) is 18.1 Å². The van der Waals surface area contributed by atoms with Gasteiger partial charge in [0.25, 0.3) is 5.56 Å². The van der Waals surface area contributed by atoms with Crippen molar-refractivity contribution in [3.8, 4) is 5.69 Å². The Balaban J connectivity index is 1.46. The zero-order valence-electron chi connectivity index (χ0n) is 17.2. The first-order valence-corrected chi connectivity index (χ1v) is 11.3. The minimum Gasteiger partial charge on any atom is -0.337 e. The zero-order chi connectivity index (χ0) is 22.1. The van der Waals surface area contributed by atoms with E-state index < -0.39 is 5.82 Å². The first kappa shape index (κ1) is 20.5. The third-order valence-electron chi connectivity index (χ3n) is 5.65. The van der Waals surface area contributed by atoms with Crippen molar-refractivity contribution in [2.75, 3.05) is 12.3 Å². The molecule has 1 amide bonds. The number of benzene rings is 3. The second-order valence-electron chi connectivity index (χ2n) is 7.63. The predicted molar refractivity (Wildman–Crippen MR) is 124 cm³/mol. The third-order valence-corrected chi connectivity index (χ3v) is 6.57. The van der Waals surface area contributed by atoms with Crippen molar-refractivity contribution < 1.29 is 9.18 Å². The Morgan fingerprint density at radius 3 is 2.53 bits per heavy atom. The summed E-state index contributed by atoms with van der Waals surface area (Å²) in [5.74, 6) is -0.444. The average Bonchev–Trinajstić information content (AvgIpc) is 2.83. The van der Waals surface area contributed by atoms with Crippen LogP contribution in [0.3, 0.4) is 0 Å². The largest absolute Gasteiger partial charge is 0.337 e. The number of carbonyl (C=O) groups is 1. The Morgan fingerprint density at radius 2 is 1.69 bits per heavy atom. The lowest BCUT2D eigenvalue weighted by Gasteiger charge is -2.28. The monoisotopic (exact) mass is 445 g/mol. The normalized spacial score (nSPS) is 13.2. The summed E-state index contributed by atoms with van der Waals surface area (Å²) < 4.78 is 15.9. The van der Waals surface area contributed by atoms with Crippen LogP contribution in [0.1, 0.15) is 11.1 Å². The number of carbonyl (C=O) groups excluding carboxylic acids is 1. The maximum absolute atomic E-state index is 14.6. The minimum atomic E-state index is -0.521. The van der Waals surface area contributed by atoms with E-state index in [0.29, 0.717) is 29.1 Å². The van der Waals surface area contributed by atoms with Gasteiger partial charge in [-0.15, -0.1) is 0 Å². The van der Waals surface area contributed by atoms with Gasteiger partial charge in [-0.1, -0.05) is 60.3 Å². The highest BCUT2D eigenvalue weighted by Crippen LogP contribution is 2.24. The highest BCUT2D eigenvalue weighted by Gasteiger charge is 2.22. The van der Waals surface area contributed by atoms with E-state index in [1.54, 1.807) is 42.5 Å². The highest BCUT2D eigenvalue weighted by molar-refractivity contribution is 7.99. The zero-order valence-corrected chi connectivity index (χ0v) is 18.0. The Labute approximate surface area is 188 Å². The summed E-state index contributed by atoms with van der Waals surface area (Å²) in [6, 6.07) is 21.2. The van der Waals surface area contributed by atoms with E-state index in [4.69, 9.17) is 0 Å². The lowest BCUT2D eigenvalue weighted by atomic mass is 10.00. The Hall–Kier alpha value is -3.45. The molecule has 4 aromatic rings. The lowest BCUT2D eigenvalue weighted by Crippen LogP contribution is -2.37. The van der Waals surface area contributed by atoms with Crippen LogP contribution in [0.2, 0.25) is 0 Å². The molecular formula is C25H20FN3O2S. The number of aromatic nitrogens is 2. The molecule has 0 unspecified atom stereocenters. The second-order valence-corrected chi connectivity index (χ2v) is 8.57. The summed E-state index contributed by atoms with van der Waals surface area (Å²) in [6.07, 6.45) is 0.820. The van der Waals surface area contributed by atoms with Crippen LogP contribution >= 0.6 is 11.8 Å². The summed E-state index contributed by atoms with van der Waals surface area (Å²) in [4.78, 5) is 32.6. The average molecular weight is 446 g/mol. The SMILES string of the molecule is O=C(CSc1nc2ccccc2c(=O)n1-c1ccccc1F)N1CCc2ccccc2C1. The fraction of sp³-hybridized carbons (Fsp3) is 0.160. The Kier molecular flexibility index (Phi) is 5.49. The van der Waals surface area contributed by atoms with Gasteiger partial charge in [-0.05, 0) is 41.8 Å². The molecule has 2 heterocycles. The smallest absolute Gasteiger partial charge is 0.266 e. The molecule has 0 radical (unpaired) electrons. The molecule has 5 rings (SSSR count). The van der Waals surface area contributed by atoms with Gasteiger partial charge < -0.3 is 4.90 Å². The van der Waals surface area contributed by atoms with Crippen molar-refractivity contribution in [1.82, 2.24) is 14.5 Å². The summed E-state index contributed by atoms with van der Waals surface area (Å²) in [6.45, 7) is 1.22. The lowest BCUT2D eigenvalue weighted by molar-refractivity contribution is -0.129. The maximum atomic E-state index is 14.6. The molecule has 0 saturated heterocycles. The van der Waals surface area contributed by atoms with Crippen molar-refractivity contribution in [3.05, 3.63) is 100 Å². The highest BCUT2D eigenvalue weighted by atomic mass is 32.2. The predicted octanol–water partition coefficient (Wildman–Crippen LogP) is 4.20. The number of amides is 1. The first-order valence-electron chi connectivity index (χ1n) is 10.4. The van der Waals surface area contributed by atoms with Crippen LogP contribution in [-0.2, 0) is 17.8 Å². The van der Waals surface area contributed by atoms with E-state index in [1.807, 2.05) is 23.1 Å². The van der Waals surface area contributed by atoms with Gasteiger partial charge in [0.15, 0.2) is 5.16 Å². The van der Waals surface area contributed by atoms with Gasteiger partial charge >= 0.3 is 0 Å². The number of nitrogens with zero attached hydrogens (tertiary/aromatic N) is 3. The Morgan fingerprint density at radius 1 is 0.969 bits per heavy atom. The van der Waals surface area contributed by atoms with Crippen molar-refractivity contribution in [1.29, 1.82) is 0 Å². The van der Waals surface area contributed by atoms with Gasteiger partial charge in [0.2, 0.25) is 5.91 Å². The van der Waals surface area contributed by atoms with Gasteiger partial charge in [-0.2, -0.15) is 0 Å². The molecule has 3 aromatic carbocycles. The summed E-state index contributed by atoms with van der Waals surface area (Å²) in [5, 5.41) is 0.698. The molecule has 0 N–H and O–H groups in total. The van der Waals surface area contributed by atoms with E-state index in [2.05, 4.69) is 11.1 Å². The van der Waals surface area contributed by atoms with E-state index in [0.717, 1.165) is 23.7 Å². The molecule has 7 heteroatoms. The van der Waals surface area contributed by atoms with Gasteiger partial charge in [0, 0.05) is 13.1 Å². The van der Waals surface area contributed by atoms with E-state index in [-0.39, 0.29) is 22.9 Å². The molecule has 0 saturated carbocycles. The quantitative estimate of drug-likeness (QED) is 0.349. The van der Waals surface area contributed by atoms with Crippen LogP contribution in [-0.4, -0.2) is 32.7 Å². The summed E-state index contributed by atoms with van der Waals surface area (Å²) in [5.41, 5.74) is 2.71. The van der Waals surface area contributed by atoms with Crippen LogP contribution in [0.25, 0.3) is 16.6 Å². The second kappa shape index (κ2) is 8.59. The van der Waals surface area contributed by atoms with Crippen LogP contribution in [0.4, 0.5) is 4.39 Å². The molecule has 0 spiro atoms. The minimum absolute atomic E-state index is 0.0352. The molecule has 1 aliphatic heterocycles. The van der Waals surface area contributed by atoms with Crippen LogP contribution in [0, 0.1) is 5.82 Å². The van der Waals surface area contributed by atoms with Crippen LogP contribution in [0.5, 0.6) is 0 Å². The Bertz CT molecular complexity index is 1390.